The first-order chi connectivity index (χ1) is 8.01. The molecule has 4 nitrogen and oxygen atoms in total. The maximum Gasteiger partial charge on any atom is 0.221 e. The van der Waals surface area contributed by atoms with E-state index in [2.05, 4.69) is 31.0 Å². The molecule has 0 saturated carbocycles. The molecule has 0 saturated heterocycles. The molecule has 0 radical (unpaired) electrons. The molecule has 4 heteroatoms. The van der Waals surface area contributed by atoms with Crippen LogP contribution >= 0.6 is 0 Å². The number of primary amides is 1. The number of nitrogens with two attached hydrogens (primary N) is 1. The quantitative estimate of drug-likeness (QED) is 0.606. The van der Waals surface area contributed by atoms with Gasteiger partial charge in [0, 0.05) is 18.5 Å². The van der Waals surface area contributed by atoms with Gasteiger partial charge < -0.3 is 16.0 Å². The number of hydrogen-bond donors (Lipinski definition) is 2. The van der Waals surface area contributed by atoms with Crippen molar-refractivity contribution in [2.75, 3.05) is 26.2 Å². The topological polar surface area (TPSA) is 58.4 Å². The van der Waals surface area contributed by atoms with Crippen LogP contribution in [0.5, 0.6) is 0 Å². The zero-order chi connectivity index (χ0) is 13.3. The van der Waals surface area contributed by atoms with Crippen LogP contribution in [0.2, 0.25) is 0 Å². The number of nitrogens with one attached hydrogen (secondary N) is 1. The zero-order valence-corrected chi connectivity index (χ0v) is 11.8. The monoisotopic (exact) mass is 243 g/mol. The summed E-state index contributed by atoms with van der Waals surface area (Å²) >= 11 is 0. The fourth-order valence-corrected chi connectivity index (χ4v) is 1.74. The minimum Gasteiger partial charge on any atom is -0.369 e. The van der Waals surface area contributed by atoms with Crippen LogP contribution in [-0.2, 0) is 4.79 Å². The number of amides is 1. The van der Waals surface area contributed by atoms with Gasteiger partial charge in [-0.2, -0.15) is 0 Å². The highest BCUT2D eigenvalue weighted by atomic mass is 16.1. The molecule has 0 aliphatic carbocycles. The van der Waals surface area contributed by atoms with Crippen molar-refractivity contribution in [3.05, 3.63) is 0 Å². The van der Waals surface area contributed by atoms with Crippen LogP contribution < -0.4 is 11.1 Å². The van der Waals surface area contributed by atoms with E-state index in [1.54, 1.807) is 0 Å². The lowest BCUT2D eigenvalue weighted by Gasteiger charge is -2.20. The van der Waals surface area contributed by atoms with Gasteiger partial charge in [-0.3, -0.25) is 4.79 Å². The highest BCUT2D eigenvalue weighted by Crippen LogP contribution is 2.00. The van der Waals surface area contributed by atoms with E-state index in [1.807, 2.05) is 6.92 Å². The van der Waals surface area contributed by atoms with Crippen LogP contribution in [0, 0.1) is 5.92 Å². The minimum absolute atomic E-state index is 0.0831. The summed E-state index contributed by atoms with van der Waals surface area (Å²) in [6.07, 6.45) is 2.34. The molecule has 1 amide bonds. The normalized spacial score (nSPS) is 14.9. The summed E-state index contributed by atoms with van der Waals surface area (Å²) in [6.45, 7) is 12.5. The Morgan fingerprint density at radius 2 is 1.88 bits per heavy atom. The van der Waals surface area contributed by atoms with Crippen molar-refractivity contribution in [1.29, 1.82) is 0 Å². The smallest absolute Gasteiger partial charge is 0.221 e. The van der Waals surface area contributed by atoms with E-state index in [9.17, 15) is 4.79 Å². The van der Waals surface area contributed by atoms with Gasteiger partial charge in [0.1, 0.15) is 0 Å². The van der Waals surface area contributed by atoms with Crippen molar-refractivity contribution in [2.24, 2.45) is 11.7 Å². The van der Waals surface area contributed by atoms with Crippen LogP contribution in [0.3, 0.4) is 0 Å². The van der Waals surface area contributed by atoms with Crippen molar-refractivity contribution in [3.8, 4) is 0 Å². The van der Waals surface area contributed by atoms with Crippen LogP contribution in [0.15, 0.2) is 0 Å². The van der Waals surface area contributed by atoms with Crippen molar-refractivity contribution >= 4 is 5.91 Å². The van der Waals surface area contributed by atoms with E-state index in [4.69, 9.17) is 5.73 Å². The summed E-state index contributed by atoms with van der Waals surface area (Å²) in [4.78, 5) is 13.3. The number of hydrogen-bond acceptors (Lipinski definition) is 3. The van der Waals surface area contributed by atoms with E-state index >= 15 is 0 Å². The Bertz CT molecular complexity index is 205. The molecule has 102 valence electrons. The molecule has 2 atom stereocenters. The second-order valence-electron chi connectivity index (χ2n) is 4.78. The highest BCUT2D eigenvalue weighted by Gasteiger charge is 2.10. The predicted molar refractivity (Wildman–Crippen MR) is 72.8 cm³/mol. The van der Waals surface area contributed by atoms with E-state index in [1.165, 1.54) is 6.42 Å². The fraction of sp³-hybridized carbons (Fsp3) is 0.923. The molecule has 3 N–H and O–H groups in total. The number of carbonyl (C=O) groups excluding carboxylic acids is 1. The van der Waals surface area contributed by atoms with Gasteiger partial charge in [-0.1, -0.05) is 20.8 Å². The predicted octanol–water partition coefficient (Wildman–Crippen LogP) is 1.21. The average molecular weight is 243 g/mol. The highest BCUT2D eigenvalue weighted by molar-refractivity contribution is 5.76. The van der Waals surface area contributed by atoms with E-state index in [-0.39, 0.29) is 11.8 Å². The van der Waals surface area contributed by atoms with Crippen LogP contribution in [0.1, 0.15) is 40.5 Å². The molecule has 0 aliphatic heterocycles. The van der Waals surface area contributed by atoms with Gasteiger partial charge in [0.15, 0.2) is 0 Å². The second kappa shape index (κ2) is 9.42. The Balaban J connectivity index is 3.59. The first kappa shape index (κ1) is 16.4. The van der Waals surface area contributed by atoms with E-state index < -0.39 is 0 Å². The summed E-state index contributed by atoms with van der Waals surface area (Å²) in [7, 11) is 0. The molecular weight excluding hydrogens is 214 g/mol. The van der Waals surface area contributed by atoms with Crippen LogP contribution in [0.25, 0.3) is 0 Å². The van der Waals surface area contributed by atoms with Gasteiger partial charge in [0.2, 0.25) is 5.91 Å². The molecule has 0 aliphatic rings. The van der Waals surface area contributed by atoms with Crippen molar-refractivity contribution in [3.63, 3.8) is 0 Å². The van der Waals surface area contributed by atoms with Gasteiger partial charge in [-0.15, -0.1) is 0 Å². The van der Waals surface area contributed by atoms with Gasteiger partial charge in [0.05, 0.1) is 0 Å². The van der Waals surface area contributed by atoms with Gasteiger partial charge in [-0.05, 0) is 39.4 Å². The molecule has 0 spiro atoms. The molecule has 0 heterocycles. The number of nitrogens with zero attached hydrogens (tertiary/aromatic N) is 1. The maximum absolute atomic E-state index is 10.9. The molecule has 0 aromatic carbocycles. The molecule has 0 fully saturated rings. The lowest BCUT2D eigenvalue weighted by atomic mass is 10.1. The molecular formula is C13H29N3O. The second-order valence-corrected chi connectivity index (χ2v) is 4.78. The zero-order valence-electron chi connectivity index (χ0n) is 11.8. The minimum atomic E-state index is -0.229. The number of carbonyl (C=O) groups is 1. The van der Waals surface area contributed by atoms with E-state index in [0.29, 0.717) is 12.6 Å². The Hall–Kier alpha value is -0.610. The van der Waals surface area contributed by atoms with Gasteiger partial charge in [0.25, 0.3) is 0 Å². The lowest BCUT2D eigenvalue weighted by Crippen LogP contribution is -2.36. The Kier molecular flexibility index (Phi) is 9.09. The first-order valence-electron chi connectivity index (χ1n) is 6.76. The van der Waals surface area contributed by atoms with Crippen molar-refractivity contribution in [2.45, 2.75) is 46.6 Å². The number of rotatable bonds is 10. The third kappa shape index (κ3) is 8.16. The van der Waals surface area contributed by atoms with E-state index in [0.717, 1.165) is 26.1 Å². The Labute approximate surface area is 106 Å². The molecule has 2 unspecified atom stereocenters. The largest absolute Gasteiger partial charge is 0.369 e. The van der Waals surface area contributed by atoms with Crippen molar-refractivity contribution in [1.82, 2.24) is 10.2 Å². The third-order valence-corrected chi connectivity index (χ3v) is 3.26. The summed E-state index contributed by atoms with van der Waals surface area (Å²) in [5.74, 6) is -0.312. The fourth-order valence-electron chi connectivity index (χ4n) is 1.74. The lowest BCUT2D eigenvalue weighted by molar-refractivity contribution is -0.121. The van der Waals surface area contributed by atoms with Crippen LogP contribution in [0.4, 0.5) is 0 Å². The first-order valence-corrected chi connectivity index (χ1v) is 6.76. The summed E-state index contributed by atoms with van der Waals surface area (Å²) in [5.41, 5.74) is 5.21. The molecule has 0 rings (SSSR count). The van der Waals surface area contributed by atoms with Gasteiger partial charge >= 0.3 is 0 Å². The Morgan fingerprint density at radius 3 is 2.35 bits per heavy atom. The maximum atomic E-state index is 10.9. The SMILES string of the molecule is CCN(CC)CCCC(C)NCC(C)C(N)=O. The molecule has 0 aromatic rings. The average Bonchev–Trinajstić information content (AvgIpc) is 2.31. The molecule has 0 bridgehead atoms. The van der Waals surface area contributed by atoms with Crippen molar-refractivity contribution < 1.29 is 4.79 Å². The molecule has 17 heavy (non-hydrogen) atoms. The van der Waals surface area contributed by atoms with Gasteiger partial charge in [-0.25, -0.2) is 0 Å². The molecule has 0 aromatic heterocycles. The third-order valence-electron chi connectivity index (χ3n) is 3.26. The summed E-state index contributed by atoms with van der Waals surface area (Å²) < 4.78 is 0. The Morgan fingerprint density at radius 1 is 1.29 bits per heavy atom. The summed E-state index contributed by atoms with van der Waals surface area (Å²) in [6, 6.07) is 0.451. The standard InChI is InChI=1S/C13H29N3O/c1-5-16(6-2)9-7-8-12(4)15-10-11(3)13(14)17/h11-12,15H,5-10H2,1-4H3,(H2,14,17). The van der Waals surface area contributed by atoms with Crippen LogP contribution in [-0.4, -0.2) is 43.0 Å². The summed E-state index contributed by atoms with van der Waals surface area (Å²) in [5, 5.41) is 3.35.